The van der Waals surface area contributed by atoms with E-state index in [1.807, 2.05) is 48.1 Å². The zero-order valence-electron chi connectivity index (χ0n) is 11.4. The Bertz CT molecular complexity index is 920. The molecule has 0 unspecified atom stereocenters. The molecule has 0 N–H and O–H groups in total. The summed E-state index contributed by atoms with van der Waals surface area (Å²) in [5, 5.41) is 8.71. The van der Waals surface area contributed by atoms with Gasteiger partial charge in [0.15, 0.2) is 11.5 Å². The third-order valence-corrected chi connectivity index (χ3v) is 3.28. The maximum Gasteiger partial charge on any atom is 0.154 e. The lowest BCUT2D eigenvalue weighted by molar-refractivity contribution is 0.845. The van der Waals surface area contributed by atoms with E-state index in [0.29, 0.717) is 0 Å². The van der Waals surface area contributed by atoms with Crippen molar-refractivity contribution >= 4 is 5.65 Å². The van der Waals surface area contributed by atoms with Crippen LogP contribution in [0.5, 0.6) is 0 Å². The van der Waals surface area contributed by atoms with E-state index in [0.717, 1.165) is 28.4 Å². The summed E-state index contributed by atoms with van der Waals surface area (Å²) in [5.74, 6) is 0.790. The molecule has 0 aromatic carbocycles. The first-order valence-corrected chi connectivity index (χ1v) is 6.59. The molecule has 6 heteroatoms. The molecule has 0 amide bonds. The van der Waals surface area contributed by atoms with Gasteiger partial charge in [-0.05, 0) is 31.2 Å². The van der Waals surface area contributed by atoms with Crippen molar-refractivity contribution in [2.24, 2.45) is 0 Å². The molecule has 6 nitrogen and oxygen atoms in total. The zero-order chi connectivity index (χ0) is 14.2. The van der Waals surface area contributed by atoms with E-state index >= 15 is 0 Å². The van der Waals surface area contributed by atoms with Crippen molar-refractivity contribution in [3.63, 3.8) is 0 Å². The Kier molecular flexibility index (Phi) is 2.53. The highest BCUT2D eigenvalue weighted by Crippen LogP contribution is 2.21. The molecule has 21 heavy (non-hydrogen) atoms. The molecule has 0 fully saturated rings. The Morgan fingerprint density at radius 2 is 2.00 bits per heavy atom. The summed E-state index contributed by atoms with van der Waals surface area (Å²) in [4.78, 5) is 8.77. The second-order valence-electron chi connectivity index (χ2n) is 4.74. The van der Waals surface area contributed by atoms with Crippen LogP contribution in [0, 0.1) is 6.92 Å². The minimum absolute atomic E-state index is 0.790. The predicted molar refractivity (Wildman–Crippen MR) is 78.1 cm³/mol. The lowest BCUT2D eigenvalue weighted by Gasteiger charge is -2.07. The van der Waals surface area contributed by atoms with Crippen LogP contribution >= 0.6 is 0 Å². The molecule has 4 rings (SSSR count). The number of pyridine rings is 1. The Morgan fingerprint density at radius 3 is 2.90 bits per heavy atom. The summed E-state index contributed by atoms with van der Waals surface area (Å²) >= 11 is 0. The van der Waals surface area contributed by atoms with Crippen LogP contribution in [0.3, 0.4) is 0 Å². The standard InChI is InChI=1S/C15H12N6/c1-11-3-2-4-14(19-11)21-13(5-6-17-21)12-9-15-16-7-8-20(15)18-10-12/h2-10H,1H3. The fourth-order valence-corrected chi connectivity index (χ4v) is 2.30. The average molecular weight is 276 g/mol. The number of hydrogen-bond donors (Lipinski definition) is 0. The molecule has 4 heterocycles. The third-order valence-electron chi connectivity index (χ3n) is 3.28. The van der Waals surface area contributed by atoms with Gasteiger partial charge in [0.25, 0.3) is 0 Å². The number of aromatic nitrogens is 6. The van der Waals surface area contributed by atoms with E-state index < -0.39 is 0 Å². The number of rotatable bonds is 2. The van der Waals surface area contributed by atoms with Crippen molar-refractivity contribution in [2.75, 3.05) is 0 Å². The minimum atomic E-state index is 0.790. The molecule has 0 bridgehead atoms. The largest absolute Gasteiger partial charge is 0.236 e. The van der Waals surface area contributed by atoms with E-state index in [1.165, 1.54) is 0 Å². The van der Waals surface area contributed by atoms with Gasteiger partial charge in [0.1, 0.15) is 0 Å². The third kappa shape index (κ3) is 1.97. The number of nitrogens with zero attached hydrogens (tertiary/aromatic N) is 6. The predicted octanol–water partition coefficient (Wildman–Crippen LogP) is 2.29. The highest BCUT2D eigenvalue weighted by molar-refractivity contribution is 5.64. The van der Waals surface area contributed by atoms with E-state index in [4.69, 9.17) is 0 Å². The summed E-state index contributed by atoms with van der Waals surface area (Å²) in [7, 11) is 0. The van der Waals surface area contributed by atoms with Gasteiger partial charge in [0.05, 0.1) is 18.1 Å². The van der Waals surface area contributed by atoms with Crippen molar-refractivity contribution in [1.29, 1.82) is 0 Å². The number of aryl methyl sites for hydroxylation is 1. The van der Waals surface area contributed by atoms with Crippen LogP contribution < -0.4 is 0 Å². The zero-order valence-corrected chi connectivity index (χ0v) is 11.4. The first-order chi connectivity index (χ1) is 10.3. The smallest absolute Gasteiger partial charge is 0.154 e. The lowest BCUT2D eigenvalue weighted by atomic mass is 10.2. The molecule has 0 spiro atoms. The van der Waals surface area contributed by atoms with Crippen molar-refractivity contribution in [3.05, 3.63) is 60.8 Å². The van der Waals surface area contributed by atoms with Crippen LogP contribution in [-0.4, -0.2) is 29.4 Å². The fraction of sp³-hybridized carbons (Fsp3) is 0.0667. The SMILES string of the molecule is Cc1cccc(-n2nccc2-c2cnn3ccnc3c2)n1. The van der Waals surface area contributed by atoms with Crippen LogP contribution in [0.15, 0.2) is 55.1 Å². The average Bonchev–Trinajstić information content (AvgIpc) is 3.15. The van der Waals surface area contributed by atoms with Crippen molar-refractivity contribution < 1.29 is 0 Å². The van der Waals surface area contributed by atoms with Crippen LogP contribution in [-0.2, 0) is 0 Å². The van der Waals surface area contributed by atoms with E-state index in [2.05, 4.69) is 20.2 Å². The second kappa shape index (κ2) is 4.52. The van der Waals surface area contributed by atoms with Crippen molar-refractivity contribution in [1.82, 2.24) is 29.4 Å². The van der Waals surface area contributed by atoms with Crippen LogP contribution in [0.25, 0.3) is 22.7 Å². The van der Waals surface area contributed by atoms with Gasteiger partial charge in [-0.1, -0.05) is 6.07 Å². The first kappa shape index (κ1) is 11.8. The van der Waals surface area contributed by atoms with Crippen molar-refractivity contribution in [3.8, 4) is 17.1 Å². The summed E-state index contributed by atoms with van der Waals surface area (Å²) in [6, 6.07) is 9.80. The van der Waals surface area contributed by atoms with Gasteiger partial charge in [0.2, 0.25) is 0 Å². The second-order valence-corrected chi connectivity index (χ2v) is 4.74. The maximum absolute atomic E-state index is 4.51. The topological polar surface area (TPSA) is 60.9 Å². The molecule has 0 saturated carbocycles. The number of hydrogen-bond acceptors (Lipinski definition) is 4. The highest BCUT2D eigenvalue weighted by Gasteiger charge is 2.10. The van der Waals surface area contributed by atoms with Crippen LogP contribution in [0.1, 0.15) is 5.69 Å². The quantitative estimate of drug-likeness (QED) is 0.563. The van der Waals surface area contributed by atoms with Crippen LogP contribution in [0.2, 0.25) is 0 Å². The van der Waals surface area contributed by atoms with E-state index in [-0.39, 0.29) is 0 Å². The molecule has 0 aliphatic rings. The molecule has 0 atom stereocenters. The number of imidazole rings is 1. The highest BCUT2D eigenvalue weighted by atomic mass is 15.3. The molecular weight excluding hydrogens is 264 g/mol. The monoisotopic (exact) mass is 276 g/mol. The molecular formula is C15H12N6. The van der Waals surface area contributed by atoms with Crippen LogP contribution in [0.4, 0.5) is 0 Å². The molecule has 4 aromatic heterocycles. The molecule has 0 aliphatic heterocycles. The van der Waals surface area contributed by atoms with Gasteiger partial charge >= 0.3 is 0 Å². The molecule has 4 aromatic rings. The maximum atomic E-state index is 4.51. The summed E-state index contributed by atoms with van der Waals surface area (Å²) in [6.45, 7) is 1.96. The molecule has 0 aliphatic carbocycles. The molecule has 102 valence electrons. The summed E-state index contributed by atoms with van der Waals surface area (Å²) < 4.78 is 3.54. The van der Waals surface area contributed by atoms with E-state index in [9.17, 15) is 0 Å². The first-order valence-electron chi connectivity index (χ1n) is 6.59. The summed E-state index contributed by atoms with van der Waals surface area (Å²) in [6.07, 6.45) is 7.11. The Hall–Kier alpha value is -3.02. The summed E-state index contributed by atoms with van der Waals surface area (Å²) in [5.41, 5.74) is 3.65. The van der Waals surface area contributed by atoms with Crippen molar-refractivity contribution in [2.45, 2.75) is 6.92 Å². The van der Waals surface area contributed by atoms with Gasteiger partial charge in [-0.25, -0.2) is 19.2 Å². The van der Waals surface area contributed by atoms with Gasteiger partial charge in [-0.15, -0.1) is 0 Å². The van der Waals surface area contributed by atoms with Gasteiger partial charge in [-0.2, -0.15) is 10.2 Å². The van der Waals surface area contributed by atoms with Gasteiger partial charge in [0, 0.05) is 23.7 Å². The fourth-order valence-electron chi connectivity index (χ4n) is 2.30. The Labute approximate surface area is 120 Å². The molecule has 0 radical (unpaired) electrons. The molecule has 0 saturated heterocycles. The number of fused-ring (bicyclic) bond motifs is 1. The lowest BCUT2D eigenvalue weighted by Crippen LogP contribution is -2.03. The van der Waals surface area contributed by atoms with Gasteiger partial charge < -0.3 is 0 Å². The van der Waals surface area contributed by atoms with E-state index in [1.54, 1.807) is 23.1 Å². The normalized spacial score (nSPS) is 11.1. The Balaban J connectivity index is 1.88. The van der Waals surface area contributed by atoms with Gasteiger partial charge in [-0.3, -0.25) is 0 Å². The minimum Gasteiger partial charge on any atom is -0.236 e. The Morgan fingerprint density at radius 1 is 1.05 bits per heavy atom.